The number of carbonyl (C=O) groups excluding carboxylic acids is 2. The van der Waals surface area contributed by atoms with E-state index in [2.05, 4.69) is 0 Å². The molecule has 0 amide bonds. The van der Waals surface area contributed by atoms with Crippen molar-refractivity contribution in [2.24, 2.45) is 11.8 Å². The molecule has 15 heavy (non-hydrogen) atoms. The highest BCUT2D eigenvalue weighted by molar-refractivity contribution is 6.03. The summed E-state index contributed by atoms with van der Waals surface area (Å²) in [5.74, 6) is 0.866. The Kier molecular flexibility index (Phi) is 3.55. The maximum Gasteiger partial charge on any atom is 0.143 e. The van der Waals surface area contributed by atoms with Crippen molar-refractivity contribution in [1.29, 1.82) is 0 Å². The number of hydrogen-bond acceptors (Lipinski definition) is 2. The van der Waals surface area contributed by atoms with E-state index < -0.39 is 0 Å². The molecule has 2 nitrogen and oxygen atoms in total. The highest BCUT2D eigenvalue weighted by Gasteiger charge is 2.33. The van der Waals surface area contributed by atoms with E-state index in [-0.39, 0.29) is 29.8 Å². The lowest BCUT2D eigenvalue weighted by atomic mass is 9.75. The van der Waals surface area contributed by atoms with Crippen LogP contribution in [0.3, 0.4) is 0 Å². The average molecular weight is 208 g/mol. The van der Waals surface area contributed by atoms with Crippen molar-refractivity contribution >= 4 is 11.6 Å². The van der Waals surface area contributed by atoms with Crippen LogP contribution in [0.15, 0.2) is 0 Å². The second-order valence-corrected chi connectivity index (χ2v) is 5.08. The lowest BCUT2D eigenvalue weighted by Gasteiger charge is -2.28. The number of Topliss-reactive ketones (excluding diaryl/α,β-unsaturated/α-hetero) is 2. The monoisotopic (exact) mass is 208 g/mol. The van der Waals surface area contributed by atoms with Crippen LogP contribution in [0.4, 0.5) is 0 Å². The van der Waals surface area contributed by atoms with Gasteiger partial charge in [0.25, 0.3) is 0 Å². The van der Waals surface area contributed by atoms with Gasteiger partial charge in [0.15, 0.2) is 0 Å². The molecule has 0 spiro atoms. The van der Waals surface area contributed by atoms with Gasteiger partial charge >= 0.3 is 0 Å². The van der Waals surface area contributed by atoms with E-state index >= 15 is 0 Å². The van der Waals surface area contributed by atoms with Gasteiger partial charge in [-0.1, -0.05) is 32.1 Å². The molecule has 0 saturated heterocycles. The van der Waals surface area contributed by atoms with Crippen LogP contribution < -0.4 is 0 Å². The summed E-state index contributed by atoms with van der Waals surface area (Å²) in [5.41, 5.74) is 0. The van der Waals surface area contributed by atoms with Crippen molar-refractivity contribution in [1.82, 2.24) is 0 Å². The molecule has 84 valence electrons. The number of fused-ring (bicyclic) bond motifs is 2. The number of ketones is 2. The Morgan fingerprint density at radius 3 is 1.73 bits per heavy atom. The highest BCUT2D eigenvalue weighted by Crippen LogP contribution is 2.32. The fourth-order valence-electron chi connectivity index (χ4n) is 2.94. The van der Waals surface area contributed by atoms with Crippen LogP contribution in [0, 0.1) is 11.8 Å². The van der Waals surface area contributed by atoms with E-state index in [1.165, 1.54) is 32.1 Å². The molecule has 2 heteroatoms. The van der Waals surface area contributed by atoms with Crippen molar-refractivity contribution in [3.8, 4) is 0 Å². The van der Waals surface area contributed by atoms with Crippen molar-refractivity contribution in [2.75, 3.05) is 0 Å². The third-order valence-electron chi connectivity index (χ3n) is 3.93. The zero-order chi connectivity index (χ0) is 10.7. The summed E-state index contributed by atoms with van der Waals surface area (Å²) in [6, 6.07) is 0. The minimum Gasteiger partial charge on any atom is -0.299 e. The molecule has 0 aliphatic heterocycles. The molecule has 2 rings (SSSR count). The molecule has 2 bridgehead atoms. The summed E-state index contributed by atoms with van der Waals surface area (Å²) in [4.78, 5) is 23.3. The summed E-state index contributed by atoms with van der Waals surface area (Å²) < 4.78 is 0. The highest BCUT2D eigenvalue weighted by atomic mass is 16.1. The van der Waals surface area contributed by atoms with Gasteiger partial charge in [0, 0.05) is 11.8 Å². The Bertz CT molecular complexity index is 233. The van der Waals surface area contributed by atoms with Gasteiger partial charge in [0.05, 0.1) is 6.42 Å². The standard InChI is InChI=1S/C13H20O2/c14-12-9-13(15)11-7-5-3-1-2-4-6-10(12)8-11/h10-11H,1-9H2. The van der Waals surface area contributed by atoms with Gasteiger partial charge in [0.1, 0.15) is 11.6 Å². The molecule has 0 aromatic carbocycles. The van der Waals surface area contributed by atoms with E-state index in [1.54, 1.807) is 0 Å². The number of carbonyl (C=O) groups is 2. The van der Waals surface area contributed by atoms with Crippen LogP contribution in [0.25, 0.3) is 0 Å². The predicted octanol–water partition coefficient (Wildman–Crippen LogP) is 2.90. The molecule has 0 aromatic rings. The first-order valence-electron chi connectivity index (χ1n) is 6.33. The average Bonchev–Trinajstić information content (AvgIpc) is 2.23. The van der Waals surface area contributed by atoms with E-state index in [9.17, 15) is 9.59 Å². The van der Waals surface area contributed by atoms with Crippen LogP contribution in [-0.4, -0.2) is 11.6 Å². The second-order valence-electron chi connectivity index (χ2n) is 5.08. The van der Waals surface area contributed by atoms with Gasteiger partial charge in [-0.15, -0.1) is 0 Å². The molecule has 2 atom stereocenters. The first-order valence-corrected chi connectivity index (χ1v) is 6.33. The van der Waals surface area contributed by atoms with E-state index in [0.29, 0.717) is 0 Å². The van der Waals surface area contributed by atoms with Crippen LogP contribution in [-0.2, 0) is 9.59 Å². The molecular weight excluding hydrogens is 188 g/mol. The minimum atomic E-state index is 0.214. The summed E-state index contributed by atoms with van der Waals surface area (Å²) in [7, 11) is 0. The van der Waals surface area contributed by atoms with Crippen LogP contribution in [0.1, 0.15) is 57.8 Å². The lowest BCUT2D eigenvalue weighted by molar-refractivity contribution is -0.136. The molecule has 0 N–H and O–H groups in total. The summed E-state index contributed by atoms with van der Waals surface area (Å²) in [5, 5.41) is 0. The summed E-state index contributed by atoms with van der Waals surface area (Å²) >= 11 is 0. The molecule has 2 saturated carbocycles. The fourth-order valence-corrected chi connectivity index (χ4v) is 2.94. The zero-order valence-corrected chi connectivity index (χ0v) is 9.34. The van der Waals surface area contributed by atoms with Crippen molar-refractivity contribution in [3.63, 3.8) is 0 Å². The first kappa shape index (κ1) is 10.8. The molecule has 0 aromatic heterocycles. The normalized spacial score (nSPS) is 33.9. The molecule has 2 fully saturated rings. The van der Waals surface area contributed by atoms with E-state index in [4.69, 9.17) is 0 Å². The van der Waals surface area contributed by atoms with Crippen LogP contribution in [0.5, 0.6) is 0 Å². The third-order valence-corrected chi connectivity index (χ3v) is 3.93. The molecule has 2 aliphatic carbocycles. The van der Waals surface area contributed by atoms with Gasteiger partial charge in [-0.05, 0) is 19.3 Å². The van der Waals surface area contributed by atoms with Crippen LogP contribution >= 0.6 is 0 Å². The fraction of sp³-hybridized carbons (Fsp3) is 0.846. The van der Waals surface area contributed by atoms with E-state index in [0.717, 1.165) is 19.3 Å². The second kappa shape index (κ2) is 4.91. The smallest absolute Gasteiger partial charge is 0.143 e. The number of hydrogen-bond donors (Lipinski definition) is 0. The largest absolute Gasteiger partial charge is 0.299 e. The van der Waals surface area contributed by atoms with Crippen LogP contribution in [0.2, 0.25) is 0 Å². The maximum atomic E-state index is 11.7. The van der Waals surface area contributed by atoms with Crippen molar-refractivity contribution < 1.29 is 9.59 Å². The third kappa shape index (κ3) is 2.67. The molecular formula is C13H20O2. The van der Waals surface area contributed by atoms with E-state index in [1.807, 2.05) is 0 Å². The van der Waals surface area contributed by atoms with Gasteiger partial charge in [0.2, 0.25) is 0 Å². The Balaban J connectivity index is 2.02. The quantitative estimate of drug-likeness (QED) is 0.574. The Morgan fingerprint density at radius 1 is 0.733 bits per heavy atom. The van der Waals surface area contributed by atoms with Gasteiger partial charge < -0.3 is 0 Å². The van der Waals surface area contributed by atoms with Gasteiger partial charge in [-0.25, -0.2) is 0 Å². The minimum absolute atomic E-state index is 0.214. The van der Waals surface area contributed by atoms with Gasteiger partial charge in [-0.2, -0.15) is 0 Å². The Hall–Kier alpha value is -0.660. The van der Waals surface area contributed by atoms with Crippen molar-refractivity contribution in [2.45, 2.75) is 57.8 Å². The zero-order valence-electron chi connectivity index (χ0n) is 9.34. The Morgan fingerprint density at radius 2 is 1.20 bits per heavy atom. The summed E-state index contributed by atoms with van der Waals surface area (Å²) in [6.07, 6.45) is 9.32. The predicted molar refractivity (Wildman–Crippen MR) is 58.5 cm³/mol. The topological polar surface area (TPSA) is 34.1 Å². The maximum absolute atomic E-state index is 11.7. The SMILES string of the molecule is O=C1CC(=O)C2CCCCCCCC1C2. The molecule has 0 radical (unpaired) electrons. The first-order chi connectivity index (χ1) is 7.27. The number of rotatable bonds is 0. The summed E-state index contributed by atoms with van der Waals surface area (Å²) in [6.45, 7) is 0. The van der Waals surface area contributed by atoms with Crippen molar-refractivity contribution in [3.05, 3.63) is 0 Å². The Labute approximate surface area is 91.4 Å². The molecule has 2 aliphatic rings. The van der Waals surface area contributed by atoms with Gasteiger partial charge in [-0.3, -0.25) is 9.59 Å². The lowest BCUT2D eigenvalue weighted by Crippen LogP contribution is -2.32. The molecule has 0 heterocycles. The molecule has 2 unspecified atom stereocenters.